The van der Waals surface area contributed by atoms with E-state index in [0.717, 1.165) is 6.07 Å². The normalized spacial score (nSPS) is 11.7. The first kappa shape index (κ1) is 15.7. The minimum Gasteiger partial charge on any atom is -0.379 e. The van der Waals surface area contributed by atoms with Gasteiger partial charge in [0.2, 0.25) is 0 Å². The van der Waals surface area contributed by atoms with Crippen molar-refractivity contribution in [1.29, 1.82) is 0 Å². The zero-order valence-corrected chi connectivity index (χ0v) is 12.2. The van der Waals surface area contributed by atoms with E-state index in [2.05, 4.69) is 33.0 Å². The van der Waals surface area contributed by atoms with Gasteiger partial charge in [-0.1, -0.05) is 39.3 Å². The fraction of sp³-hybridized carbons (Fsp3) is 0.538. The number of anilines is 1. The Labute approximate surface area is 117 Å². The van der Waals surface area contributed by atoms with E-state index in [4.69, 9.17) is 11.6 Å². The van der Waals surface area contributed by atoms with Crippen LogP contribution in [0.5, 0.6) is 0 Å². The van der Waals surface area contributed by atoms with Gasteiger partial charge in [0.15, 0.2) is 0 Å². The van der Waals surface area contributed by atoms with Gasteiger partial charge in [0, 0.05) is 6.54 Å². The van der Waals surface area contributed by atoms with E-state index in [1.54, 1.807) is 0 Å². The maximum absolute atomic E-state index is 13.3. The summed E-state index contributed by atoms with van der Waals surface area (Å²) in [6.07, 6.45) is 0. The van der Waals surface area contributed by atoms with E-state index < -0.39 is 10.7 Å². The molecule has 4 nitrogen and oxygen atoms in total. The monoisotopic (exact) mass is 288 g/mol. The van der Waals surface area contributed by atoms with Crippen LogP contribution in [0.25, 0.3) is 0 Å². The van der Waals surface area contributed by atoms with Crippen molar-refractivity contribution in [1.82, 2.24) is 0 Å². The molecule has 0 aliphatic carbocycles. The molecule has 0 spiro atoms. The molecular weight excluding hydrogens is 271 g/mol. The Morgan fingerprint density at radius 2 is 2.05 bits per heavy atom. The van der Waals surface area contributed by atoms with Gasteiger partial charge in [-0.05, 0) is 17.4 Å². The van der Waals surface area contributed by atoms with Gasteiger partial charge in [-0.2, -0.15) is 0 Å². The van der Waals surface area contributed by atoms with E-state index in [-0.39, 0.29) is 21.8 Å². The molecule has 106 valence electrons. The number of halogens is 2. The van der Waals surface area contributed by atoms with E-state index in [9.17, 15) is 14.5 Å². The Kier molecular flexibility index (Phi) is 4.74. The summed E-state index contributed by atoms with van der Waals surface area (Å²) < 4.78 is 13.3. The summed E-state index contributed by atoms with van der Waals surface area (Å²) in [6, 6.07) is 2.10. The highest BCUT2D eigenvalue weighted by atomic mass is 35.5. The van der Waals surface area contributed by atoms with Crippen LogP contribution >= 0.6 is 11.6 Å². The van der Waals surface area contributed by atoms with Crippen molar-refractivity contribution in [2.75, 3.05) is 11.9 Å². The van der Waals surface area contributed by atoms with Crippen molar-refractivity contribution < 1.29 is 9.31 Å². The molecule has 19 heavy (non-hydrogen) atoms. The van der Waals surface area contributed by atoms with Gasteiger partial charge in [-0.15, -0.1) is 0 Å². The molecule has 0 aliphatic heterocycles. The van der Waals surface area contributed by atoms with Crippen LogP contribution in [0.1, 0.15) is 27.7 Å². The number of nitro benzene ring substituents is 1. The van der Waals surface area contributed by atoms with Crippen molar-refractivity contribution in [2.24, 2.45) is 11.3 Å². The Morgan fingerprint density at radius 1 is 1.47 bits per heavy atom. The fourth-order valence-corrected chi connectivity index (χ4v) is 1.52. The van der Waals surface area contributed by atoms with Gasteiger partial charge >= 0.3 is 0 Å². The van der Waals surface area contributed by atoms with E-state index >= 15 is 0 Å². The van der Waals surface area contributed by atoms with Crippen molar-refractivity contribution in [2.45, 2.75) is 27.7 Å². The first-order valence-corrected chi connectivity index (χ1v) is 6.40. The molecule has 0 saturated carbocycles. The van der Waals surface area contributed by atoms with Crippen molar-refractivity contribution in [3.63, 3.8) is 0 Å². The number of nitro groups is 1. The molecule has 1 rings (SSSR count). The minimum absolute atomic E-state index is 0.0469. The van der Waals surface area contributed by atoms with Crippen LogP contribution in [-0.2, 0) is 0 Å². The molecule has 1 aromatic rings. The third-order valence-corrected chi connectivity index (χ3v) is 3.82. The maximum Gasteiger partial charge on any atom is 0.295 e. The molecule has 0 aliphatic rings. The maximum atomic E-state index is 13.3. The summed E-state index contributed by atoms with van der Waals surface area (Å²) in [7, 11) is 0. The van der Waals surface area contributed by atoms with E-state index in [1.165, 1.54) is 6.07 Å². The van der Waals surface area contributed by atoms with Gasteiger partial charge in [-0.3, -0.25) is 10.1 Å². The second kappa shape index (κ2) is 5.74. The summed E-state index contributed by atoms with van der Waals surface area (Å²) in [5, 5.41) is 13.8. The van der Waals surface area contributed by atoms with Crippen LogP contribution in [0, 0.1) is 27.3 Å². The SMILES string of the molecule is CC(C)C(C)(C)CNc1cc(Cl)c(F)cc1[N+](=O)[O-]. The number of rotatable bonds is 5. The van der Waals surface area contributed by atoms with Crippen molar-refractivity contribution in [3.8, 4) is 0 Å². The summed E-state index contributed by atoms with van der Waals surface area (Å²) in [4.78, 5) is 10.3. The highest BCUT2D eigenvalue weighted by molar-refractivity contribution is 6.31. The number of hydrogen-bond donors (Lipinski definition) is 1. The van der Waals surface area contributed by atoms with Crippen molar-refractivity contribution >= 4 is 23.0 Å². The van der Waals surface area contributed by atoms with E-state index in [1.807, 2.05) is 0 Å². The Hall–Kier alpha value is -1.36. The molecule has 1 N–H and O–H groups in total. The fourth-order valence-electron chi connectivity index (χ4n) is 1.36. The molecule has 0 heterocycles. The quantitative estimate of drug-likeness (QED) is 0.642. The van der Waals surface area contributed by atoms with Gasteiger partial charge in [0.05, 0.1) is 16.0 Å². The minimum atomic E-state index is -0.790. The van der Waals surface area contributed by atoms with Crippen LogP contribution in [0.15, 0.2) is 12.1 Å². The Morgan fingerprint density at radius 3 is 2.53 bits per heavy atom. The number of benzene rings is 1. The van der Waals surface area contributed by atoms with Crippen molar-refractivity contribution in [3.05, 3.63) is 33.1 Å². The first-order chi connectivity index (χ1) is 8.65. The van der Waals surface area contributed by atoms with Crippen LogP contribution < -0.4 is 5.32 Å². The van der Waals surface area contributed by atoms with Crippen LogP contribution in [0.3, 0.4) is 0 Å². The first-order valence-electron chi connectivity index (χ1n) is 6.02. The lowest BCUT2D eigenvalue weighted by Gasteiger charge is -2.29. The lowest BCUT2D eigenvalue weighted by Crippen LogP contribution is -2.28. The predicted octanol–water partition coefficient (Wildman–Crippen LogP) is 4.48. The molecule has 0 bridgehead atoms. The molecule has 0 unspecified atom stereocenters. The Balaban J connectivity index is 3.01. The largest absolute Gasteiger partial charge is 0.379 e. The average Bonchev–Trinajstić information content (AvgIpc) is 2.29. The van der Waals surface area contributed by atoms with E-state index in [0.29, 0.717) is 12.5 Å². The molecule has 0 aromatic heterocycles. The molecule has 0 amide bonds. The third-order valence-electron chi connectivity index (χ3n) is 3.53. The van der Waals surface area contributed by atoms with Gasteiger partial charge in [-0.25, -0.2) is 4.39 Å². The topological polar surface area (TPSA) is 55.2 Å². The average molecular weight is 289 g/mol. The molecule has 0 atom stereocenters. The molecular formula is C13H18ClFN2O2. The van der Waals surface area contributed by atoms with Crippen LogP contribution in [0.2, 0.25) is 5.02 Å². The van der Waals surface area contributed by atoms with Crippen LogP contribution in [0.4, 0.5) is 15.8 Å². The molecule has 0 saturated heterocycles. The molecule has 1 aromatic carbocycles. The number of nitrogens with one attached hydrogen (secondary N) is 1. The highest BCUT2D eigenvalue weighted by Gasteiger charge is 2.24. The predicted molar refractivity (Wildman–Crippen MR) is 75.2 cm³/mol. The smallest absolute Gasteiger partial charge is 0.295 e. The zero-order chi connectivity index (χ0) is 14.8. The second-order valence-corrected chi connectivity index (χ2v) is 5.94. The standard InChI is InChI=1S/C13H18ClFN2O2/c1-8(2)13(3,4)7-16-11-5-9(14)10(15)6-12(11)17(18)19/h5-6,8,16H,7H2,1-4H3. The summed E-state index contributed by atoms with van der Waals surface area (Å²) >= 11 is 5.67. The molecule has 6 heteroatoms. The molecule has 0 fully saturated rings. The van der Waals surface area contributed by atoms with Crippen LogP contribution in [-0.4, -0.2) is 11.5 Å². The summed E-state index contributed by atoms with van der Waals surface area (Å²) in [6.45, 7) is 8.80. The number of nitrogens with zero attached hydrogens (tertiary/aromatic N) is 1. The zero-order valence-electron chi connectivity index (χ0n) is 11.5. The highest BCUT2D eigenvalue weighted by Crippen LogP contribution is 2.32. The summed E-state index contributed by atoms with van der Waals surface area (Å²) in [5.74, 6) is -0.392. The van der Waals surface area contributed by atoms with Gasteiger partial charge in [0.25, 0.3) is 5.69 Å². The Bertz CT molecular complexity index is 490. The number of hydrogen-bond acceptors (Lipinski definition) is 3. The van der Waals surface area contributed by atoms with Gasteiger partial charge in [0.1, 0.15) is 11.5 Å². The lowest BCUT2D eigenvalue weighted by molar-refractivity contribution is -0.384. The van der Waals surface area contributed by atoms with Gasteiger partial charge < -0.3 is 5.32 Å². The third kappa shape index (κ3) is 3.80. The lowest BCUT2D eigenvalue weighted by atomic mass is 9.81. The second-order valence-electron chi connectivity index (χ2n) is 5.54. The summed E-state index contributed by atoms with van der Waals surface area (Å²) in [5.41, 5.74) is -0.110. The molecule has 0 radical (unpaired) electrons.